The molecule has 1 spiro atoms. The molecule has 2 saturated heterocycles. The Hall–Kier alpha value is -3.35. The van der Waals surface area contributed by atoms with E-state index in [0.717, 1.165) is 38.1 Å². The van der Waals surface area contributed by atoms with Crippen molar-refractivity contribution < 1.29 is 29.0 Å². The van der Waals surface area contributed by atoms with Gasteiger partial charge >= 0.3 is 0 Å². The number of aliphatic hydroxyl groups excluding tert-OH is 1. The number of halogens is 1. The van der Waals surface area contributed by atoms with Crippen LogP contribution in [0, 0.1) is 5.92 Å². The summed E-state index contributed by atoms with van der Waals surface area (Å²) in [5.41, 5.74) is 3.63. The Morgan fingerprint density at radius 2 is 1.79 bits per heavy atom. The van der Waals surface area contributed by atoms with Crippen molar-refractivity contribution in [3.05, 3.63) is 93.5 Å². The van der Waals surface area contributed by atoms with Crippen molar-refractivity contribution >= 4 is 53.3 Å². The molecule has 0 unspecified atom stereocenters. The summed E-state index contributed by atoms with van der Waals surface area (Å²) in [6, 6.07) is 21.1. The first-order valence-corrected chi connectivity index (χ1v) is 20.1. The van der Waals surface area contributed by atoms with Crippen molar-refractivity contribution in [1.82, 2.24) is 4.90 Å². The molecule has 0 radical (unpaired) electrons. The van der Waals surface area contributed by atoms with Crippen LogP contribution in [0.25, 0.3) is 0 Å². The Bertz CT molecular complexity index is 1750. The molecule has 0 aliphatic carbocycles. The average molecular weight is 719 g/mol. The summed E-state index contributed by atoms with van der Waals surface area (Å²) in [6.45, 7) is 6.93. The zero-order valence-electron chi connectivity index (χ0n) is 26.9. The van der Waals surface area contributed by atoms with Crippen molar-refractivity contribution in [3.8, 4) is 0 Å². The van der Waals surface area contributed by atoms with Crippen LogP contribution in [-0.4, -0.2) is 66.1 Å². The molecule has 11 heteroatoms. The highest BCUT2D eigenvalue weighted by Gasteiger charge is 2.66. The number of rotatable bonds is 7. The maximum atomic E-state index is 14.8. The van der Waals surface area contributed by atoms with Crippen LogP contribution in [0.1, 0.15) is 42.0 Å². The SMILES string of the molecule is C[C@@H]1[C@@H]([Si](C)(C)O)[C@H](CC(=O)N2Cc3ccccc3C[C@H]2CO)O[C@@]12C(=O)N(Cc1ccc(N3CCC3=O)cc1)c1ccc(Br)cc12. The molecule has 0 aromatic heterocycles. The van der Waals surface area contributed by atoms with Gasteiger partial charge in [-0.2, -0.15) is 0 Å². The summed E-state index contributed by atoms with van der Waals surface area (Å²) in [4.78, 5) is 57.7. The fourth-order valence-electron chi connectivity index (χ4n) is 8.29. The smallest absolute Gasteiger partial charge is 0.264 e. The molecule has 4 heterocycles. The molecule has 3 amide bonds. The Labute approximate surface area is 284 Å². The number of nitrogens with zero attached hydrogens (tertiary/aromatic N) is 3. The van der Waals surface area contributed by atoms with Crippen LogP contribution in [0.2, 0.25) is 18.6 Å². The fourth-order valence-corrected chi connectivity index (χ4v) is 11.2. The van der Waals surface area contributed by atoms with Crippen LogP contribution < -0.4 is 9.80 Å². The first-order valence-electron chi connectivity index (χ1n) is 16.3. The predicted molar refractivity (Wildman–Crippen MR) is 184 cm³/mol. The second-order valence-electron chi connectivity index (χ2n) is 13.9. The maximum Gasteiger partial charge on any atom is 0.264 e. The lowest BCUT2D eigenvalue weighted by atomic mass is 9.82. The molecular weight excluding hydrogens is 678 g/mol. The molecule has 4 aliphatic heterocycles. The number of carbonyl (C=O) groups is 3. The van der Waals surface area contributed by atoms with Crippen LogP contribution in [0.5, 0.6) is 0 Å². The summed E-state index contributed by atoms with van der Waals surface area (Å²) in [7, 11) is -2.98. The Morgan fingerprint density at radius 1 is 1.06 bits per heavy atom. The van der Waals surface area contributed by atoms with Crippen LogP contribution in [0.3, 0.4) is 0 Å². The van der Waals surface area contributed by atoms with Gasteiger partial charge in [-0.1, -0.05) is 59.3 Å². The average Bonchev–Trinajstić information content (AvgIpc) is 3.46. The molecule has 246 valence electrons. The lowest BCUT2D eigenvalue weighted by molar-refractivity contribution is -0.151. The van der Waals surface area contributed by atoms with E-state index in [4.69, 9.17) is 4.74 Å². The molecule has 2 fully saturated rings. The first kappa shape index (κ1) is 32.2. The van der Waals surface area contributed by atoms with Crippen LogP contribution in [-0.2, 0) is 44.2 Å². The van der Waals surface area contributed by atoms with Gasteiger partial charge in [0.25, 0.3) is 5.91 Å². The minimum Gasteiger partial charge on any atom is -0.432 e. The van der Waals surface area contributed by atoms with E-state index in [1.807, 2.05) is 86.7 Å². The molecule has 4 aliphatic rings. The van der Waals surface area contributed by atoms with Gasteiger partial charge in [0.1, 0.15) is 0 Å². The van der Waals surface area contributed by atoms with Crippen LogP contribution in [0.4, 0.5) is 11.4 Å². The first-order chi connectivity index (χ1) is 22.4. The van der Waals surface area contributed by atoms with Crippen molar-refractivity contribution in [3.63, 3.8) is 0 Å². The van der Waals surface area contributed by atoms with Crippen molar-refractivity contribution in [2.75, 3.05) is 23.0 Å². The molecular formula is C36H40BrN3O6Si. The van der Waals surface area contributed by atoms with Crippen LogP contribution in [0.15, 0.2) is 71.2 Å². The van der Waals surface area contributed by atoms with E-state index < -0.39 is 31.5 Å². The monoisotopic (exact) mass is 717 g/mol. The molecule has 7 rings (SSSR count). The number of β-lactam (4-membered cyclic amide) rings is 1. The van der Waals surface area contributed by atoms with Gasteiger partial charge in [-0.05, 0) is 66.5 Å². The molecule has 9 nitrogen and oxygen atoms in total. The van der Waals surface area contributed by atoms with Gasteiger partial charge in [-0.3, -0.25) is 14.4 Å². The second kappa shape index (κ2) is 12.0. The third-order valence-corrected chi connectivity index (χ3v) is 13.6. The largest absolute Gasteiger partial charge is 0.432 e. The zero-order valence-corrected chi connectivity index (χ0v) is 29.4. The van der Waals surface area contributed by atoms with Gasteiger partial charge in [0.2, 0.25) is 11.8 Å². The summed E-state index contributed by atoms with van der Waals surface area (Å²) in [5.74, 6) is -0.670. The van der Waals surface area contributed by atoms with Crippen molar-refractivity contribution in [1.29, 1.82) is 0 Å². The quantitative estimate of drug-likeness (QED) is 0.267. The number of hydrogen-bond acceptors (Lipinski definition) is 6. The number of anilines is 2. The van der Waals surface area contributed by atoms with Crippen molar-refractivity contribution in [2.45, 2.75) is 75.7 Å². The van der Waals surface area contributed by atoms with E-state index in [1.54, 1.807) is 14.7 Å². The lowest BCUT2D eigenvalue weighted by Gasteiger charge is -2.37. The number of amides is 3. The van der Waals surface area contributed by atoms with E-state index in [1.165, 1.54) is 0 Å². The van der Waals surface area contributed by atoms with E-state index in [2.05, 4.69) is 15.9 Å². The normalized spacial score (nSPS) is 26.9. The molecule has 3 aromatic rings. The standard InChI is InChI=1S/C36H40BrN3O6Si/c1-22-34(47(2,3)45)31(18-33(43)39-20-25-7-5-4-6-24(25)16-28(39)21-41)46-36(22)29-17-26(37)10-13-30(29)40(35(36)44)19-23-8-11-27(12-9-23)38-15-14-32(38)42/h4-13,17,22,28,31,34,41,45H,14-16,18-21H2,1-3H3/t22-,28+,31+,34-,36+/m1/s1. The number of fused-ring (bicyclic) bond motifs is 3. The van der Waals surface area contributed by atoms with Gasteiger partial charge < -0.3 is 29.3 Å². The Morgan fingerprint density at radius 3 is 2.43 bits per heavy atom. The number of benzene rings is 3. The van der Waals surface area contributed by atoms with E-state index in [0.29, 0.717) is 32.5 Å². The van der Waals surface area contributed by atoms with Gasteiger partial charge in [-0.15, -0.1) is 0 Å². The van der Waals surface area contributed by atoms with Crippen molar-refractivity contribution in [2.24, 2.45) is 5.92 Å². The van der Waals surface area contributed by atoms with Gasteiger partial charge in [0.05, 0.1) is 37.4 Å². The summed E-state index contributed by atoms with van der Waals surface area (Å²) >= 11 is 3.61. The lowest BCUT2D eigenvalue weighted by Crippen LogP contribution is -2.48. The number of ether oxygens (including phenoxy) is 1. The maximum absolute atomic E-state index is 14.8. The van der Waals surface area contributed by atoms with E-state index in [-0.39, 0.29) is 36.8 Å². The highest BCUT2D eigenvalue weighted by Crippen LogP contribution is 2.60. The molecule has 0 saturated carbocycles. The third-order valence-electron chi connectivity index (χ3n) is 10.6. The predicted octanol–water partition coefficient (Wildman–Crippen LogP) is 4.87. The topological polar surface area (TPSA) is 111 Å². The highest BCUT2D eigenvalue weighted by molar-refractivity contribution is 9.10. The fraction of sp³-hybridized carbons (Fsp3) is 0.417. The van der Waals surface area contributed by atoms with Gasteiger partial charge in [-0.25, -0.2) is 0 Å². The minimum absolute atomic E-state index is 0.000285. The third kappa shape index (κ3) is 5.36. The van der Waals surface area contributed by atoms with E-state index >= 15 is 0 Å². The molecule has 2 N–H and O–H groups in total. The minimum atomic E-state index is -2.98. The van der Waals surface area contributed by atoms with Gasteiger partial charge in [0, 0.05) is 46.7 Å². The second-order valence-corrected chi connectivity index (χ2v) is 18.8. The van der Waals surface area contributed by atoms with Gasteiger partial charge in [0.15, 0.2) is 13.9 Å². The number of aliphatic hydroxyl groups is 1. The number of carbonyl (C=O) groups excluding carboxylic acids is 3. The van der Waals surface area contributed by atoms with E-state index in [9.17, 15) is 24.3 Å². The summed E-state index contributed by atoms with van der Waals surface area (Å²) in [6.07, 6.45) is 0.438. The summed E-state index contributed by atoms with van der Waals surface area (Å²) in [5, 5.41) is 10.2. The van der Waals surface area contributed by atoms with Crippen LogP contribution >= 0.6 is 15.9 Å². The Kier molecular flexibility index (Phi) is 8.19. The number of hydrogen-bond donors (Lipinski definition) is 2. The molecule has 47 heavy (non-hydrogen) atoms. The molecule has 5 atom stereocenters. The molecule has 0 bridgehead atoms. The Balaban J connectivity index is 1.20. The molecule has 3 aromatic carbocycles. The highest BCUT2D eigenvalue weighted by atomic mass is 79.9. The summed E-state index contributed by atoms with van der Waals surface area (Å²) < 4.78 is 7.72. The zero-order chi connectivity index (χ0) is 33.2.